The van der Waals surface area contributed by atoms with E-state index in [1.165, 1.54) is 5.56 Å². The molecule has 2 aromatic rings. The van der Waals surface area contributed by atoms with Gasteiger partial charge in [-0.1, -0.05) is 26.0 Å². The molecule has 0 aliphatic heterocycles. The number of hydrogen-bond acceptors (Lipinski definition) is 3. The van der Waals surface area contributed by atoms with Gasteiger partial charge in [-0.3, -0.25) is 5.10 Å². The zero-order chi connectivity index (χ0) is 13.8. The van der Waals surface area contributed by atoms with Crippen molar-refractivity contribution in [3.05, 3.63) is 46.8 Å². The van der Waals surface area contributed by atoms with Crippen LogP contribution in [0.5, 0.6) is 5.75 Å². The molecule has 4 heteroatoms. The molecular formula is C15H21N3O. The zero-order valence-corrected chi connectivity index (χ0v) is 11.7. The number of ether oxygens (including phenoxy) is 1. The van der Waals surface area contributed by atoms with Crippen molar-refractivity contribution in [3.8, 4) is 5.75 Å². The van der Waals surface area contributed by atoms with Crippen LogP contribution in [0.3, 0.4) is 0 Å². The molecule has 1 aromatic carbocycles. The molecule has 0 amide bonds. The Labute approximate surface area is 114 Å². The van der Waals surface area contributed by atoms with E-state index in [4.69, 9.17) is 10.5 Å². The van der Waals surface area contributed by atoms with Gasteiger partial charge in [0.15, 0.2) is 0 Å². The number of rotatable bonds is 5. The van der Waals surface area contributed by atoms with Crippen molar-refractivity contribution in [1.29, 1.82) is 0 Å². The summed E-state index contributed by atoms with van der Waals surface area (Å²) in [5.41, 5.74) is 9.95. The lowest BCUT2D eigenvalue weighted by molar-refractivity contribution is 0.300. The third-order valence-electron chi connectivity index (χ3n) is 3.29. The molecule has 102 valence electrons. The summed E-state index contributed by atoms with van der Waals surface area (Å²) in [6, 6.07) is 8.19. The summed E-state index contributed by atoms with van der Waals surface area (Å²) in [6.45, 7) is 7.24. The normalized spacial score (nSPS) is 11.0. The number of benzene rings is 1. The lowest BCUT2D eigenvalue weighted by Crippen LogP contribution is -2.04. The highest BCUT2D eigenvalue weighted by atomic mass is 16.5. The van der Waals surface area contributed by atoms with Crippen molar-refractivity contribution < 1.29 is 4.74 Å². The van der Waals surface area contributed by atoms with Crippen molar-refractivity contribution in [2.75, 3.05) is 0 Å². The number of H-pyrrole nitrogens is 1. The van der Waals surface area contributed by atoms with Crippen molar-refractivity contribution in [3.63, 3.8) is 0 Å². The van der Waals surface area contributed by atoms with Gasteiger partial charge >= 0.3 is 0 Å². The van der Waals surface area contributed by atoms with Gasteiger partial charge in [0.25, 0.3) is 0 Å². The molecule has 0 fully saturated rings. The first kappa shape index (κ1) is 13.6. The highest BCUT2D eigenvalue weighted by Gasteiger charge is 2.09. The third kappa shape index (κ3) is 3.15. The molecule has 19 heavy (non-hydrogen) atoms. The first-order valence-corrected chi connectivity index (χ1v) is 6.57. The first-order valence-electron chi connectivity index (χ1n) is 6.57. The smallest absolute Gasteiger partial charge is 0.132 e. The molecule has 0 spiro atoms. The first-order chi connectivity index (χ1) is 9.11. The Kier molecular flexibility index (Phi) is 4.22. The van der Waals surface area contributed by atoms with Crippen LogP contribution in [0.25, 0.3) is 0 Å². The number of nitrogens with one attached hydrogen (secondary N) is 1. The van der Waals surface area contributed by atoms with Crippen molar-refractivity contribution in [1.82, 2.24) is 10.2 Å². The predicted molar refractivity (Wildman–Crippen MR) is 76.1 cm³/mol. The quantitative estimate of drug-likeness (QED) is 0.867. The second-order valence-corrected chi connectivity index (χ2v) is 4.99. The van der Waals surface area contributed by atoms with E-state index < -0.39 is 0 Å². The number of hydrogen-bond donors (Lipinski definition) is 2. The fraction of sp³-hybridized carbons (Fsp3) is 0.400. The summed E-state index contributed by atoms with van der Waals surface area (Å²) in [4.78, 5) is 0. The van der Waals surface area contributed by atoms with Gasteiger partial charge in [0, 0.05) is 17.8 Å². The lowest BCUT2D eigenvalue weighted by atomic mass is 10.0. The number of aromatic amines is 1. The minimum absolute atomic E-state index is 0.442. The third-order valence-corrected chi connectivity index (χ3v) is 3.29. The van der Waals surface area contributed by atoms with Gasteiger partial charge in [0.1, 0.15) is 18.1 Å². The van der Waals surface area contributed by atoms with Gasteiger partial charge in [-0.2, -0.15) is 5.10 Å². The largest absolute Gasteiger partial charge is 0.487 e. The fourth-order valence-electron chi connectivity index (χ4n) is 1.99. The van der Waals surface area contributed by atoms with E-state index in [9.17, 15) is 0 Å². The van der Waals surface area contributed by atoms with Crippen LogP contribution in [0.2, 0.25) is 0 Å². The SMILES string of the molecule is Cc1[nH]nc(COc2ccc(C(C)C)cc2)c1CN. The van der Waals surface area contributed by atoms with Gasteiger partial charge in [-0.05, 0) is 30.5 Å². The molecule has 2 rings (SSSR count). The minimum Gasteiger partial charge on any atom is -0.487 e. The van der Waals surface area contributed by atoms with E-state index in [1.54, 1.807) is 0 Å². The molecule has 1 heterocycles. The summed E-state index contributed by atoms with van der Waals surface area (Å²) < 4.78 is 5.74. The summed E-state index contributed by atoms with van der Waals surface area (Å²) >= 11 is 0. The van der Waals surface area contributed by atoms with E-state index >= 15 is 0 Å². The molecule has 0 radical (unpaired) electrons. The highest BCUT2D eigenvalue weighted by molar-refractivity contribution is 5.30. The van der Waals surface area contributed by atoms with Crippen LogP contribution in [-0.4, -0.2) is 10.2 Å². The lowest BCUT2D eigenvalue weighted by Gasteiger charge is -2.08. The van der Waals surface area contributed by atoms with Crippen LogP contribution < -0.4 is 10.5 Å². The number of aromatic nitrogens is 2. The molecular weight excluding hydrogens is 238 g/mol. The molecule has 1 aromatic heterocycles. The maximum Gasteiger partial charge on any atom is 0.132 e. The summed E-state index contributed by atoms with van der Waals surface area (Å²) in [6.07, 6.45) is 0. The van der Waals surface area contributed by atoms with Crippen LogP contribution >= 0.6 is 0 Å². The maximum atomic E-state index is 5.74. The average Bonchev–Trinajstić information content (AvgIpc) is 2.77. The molecule has 0 aliphatic carbocycles. The zero-order valence-electron chi connectivity index (χ0n) is 11.7. The van der Waals surface area contributed by atoms with Gasteiger partial charge in [-0.25, -0.2) is 0 Å². The summed E-state index contributed by atoms with van der Waals surface area (Å²) in [5, 5.41) is 7.16. The standard InChI is InChI=1S/C15H21N3O/c1-10(2)12-4-6-13(7-5-12)19-9-15-14(8-16)11(3)17-18-15/h4-7,10H,8-9,16H2,1-3H3,(H,17,18). The number of nitrogens with zero attached hydrogens (tertiary/aromatic N) is 1. The Morgan fingerprint density at radius 2 is 1.95 bits per heavy atom. The second kappa shape index (κ2) is 5.89. The predicted octanol–water partition coefficient (Wildman–Crippen LogP) is 2.88. The van der Waals surface area contributed by atoms with Crippen LogP contribution in [0, 0.1) is 6.92 Å². The van der Waals surface area contributed by atoms with Crippen molar-refractivity contribution in [2.45, 2.75) is 39.8 Å². The molecule has 0 bridgehead atoms. The van der Waals surface area contributed by atoms with Crippen LogP contribution in [-0.2, 0) is 13.2 Å². The van der Waals surface area contributed by atoms with Crippen molar-refractivity contribution >= 4 is 0 Å². The van der Waals surface area contributed by atoms with Gasteiger partial charge < -0.3 is 10.5 Å². The topological polar surface area (TPSA) is 63.9 Å². The van der Waals surface area contributed by atoms with Gasteiger partial charge in [-0.15, -0.1) is 0 Å². The Hall–Kier alpha value is -1.81. The van der Waals surface area contributed by atoms with Gasteiger partial charge in [0.05, 0.1) is 0 Å². The summed E-state index contributed by atoms with van der Waals surface area (Å²) in [7, 11) is 0. The van der Waals surface area contributed by atoms with E-state index in [1.807, 2.05) is 19.1 Å². The van der Waals surface area contributed by atoms with Crippen LogP contribution in [0.4, 0.5) is 0 Å². The van der Waals surface area contributed by atoms with Crippen LogP contribution in [0.1, 0.15) is 42.3 Å². The van der Waals surface area contributed by atoms with Crippen LogP contribution in [0.15, 0.2) is 24.3 Å². The Morgan fingerprint density at radius 3 is 2.53 bits per heavy atom. The number of nitrogens with two attached hydrogens (primary N) is 1. The summed E-state index contributed by atoms with van der Waals surface area (Å²) in [5.74, 6) is 1.39. The average molecular weight is 259 g/mol. The second-order valence-electron chi connectivity index (χ2n) is 4.99. The maximum absolute atomic E-state index is 5.74. The molecule has 0 unspecified atom stereocenters. The molecule has 0 atom stereocenters. The van der Waals surface area contributed by atoms with E-state index in [0.29, 0.717) is 19.1 Å². The van der Waals surface area contributed by atoms with E-state index in [-0.39, 0.29) is 0 Å². The Bertz CT molecular complexity index is 529. The molecule has 4 nitrogen and oxygen atoms in total. The molecule has 0 saturated heterocycles. The molecule has 0 aliphatic rings. The minimum atomic E-state index is 0.442. The van der Waals surface area contributed by atoms with Gasteiger partial charge in [0.2, 0.25) is 0 Å². The number of aryl methyl sites for hydroxylation is 1. The van der Waals surface area contributed by atoms with Crippen molar-refractivity contribution in [2.24, 2.45) is 5.73 Å². The Balaban J connectivity index is 2.02. The molecule has 3 N–H and O–H groups in total. The molecule has 0 saturated carbocycles. The Morgan fingerprint density at radius 1 is 1.26 bits per heavy atom. The monoisotopic (exact) mass is 259 g/mol. The fourth-order valence-corrected chi connectivity index (χ4v) is 1.99. The highest BCUT2D eigenvalue weighted by Crippen LogP contribution is 2.20. The van der Waals surface area contributed by atoms with E-state index in [2.05, 4.69) is 36.2 Å². The van der Waals surface area contributed by atoms with E-state index in [0.717, 1.165) is 22.7 Å².